The standard InChI is InChI=1S/C25H31FN8O2S/c1-33-4-6-34(7-5-33)18-3-2-14-10-17(18)30-20(35)12-37-19-9-13-8-15(19)22(21(13)23(27)36)31-24-16(26)11-28-25(29-14)32-24/h2-3,10-11,13,15,19,21-22H,4-9,12H2,1H3,(H2,27,36)(H,30,35)(H2,28,29,31,32). The molecule has 12 heteroatoms. The number of benzene rings is 1. The highest BCUT2D eigenvalue weighted by atomic mass is 32.2. The van der Waals surface area contributed by atoms with Crippen LogP contribution in [-0.4, -0.2) is 77.0 Å². The zero-order valence-corrected chi connectivity index (χ0v) is 21.4. The Morgan fingerprint density at radius 1 is 1.19 bits per heavy atom. The number of hydrogen-bond acceptors (Lipinski definition) is 9. The first-order valence-electron chi connectivity index (χ1n) is 12.7. The molecule has 2 aliphatic heterocycles. The molecule has 2 aromatic rings. The lowest BCUT2D eigenvalue weighted by molar-refractivity contribution is -0.123. The minimum Gasteiger partial charge on any atom is -0.369 e. The van der Waals surface area contributed by atoms with E-state index in [4.69, 9.17) is 5.73 Å². The quantitative estimate of drug-likeness (QED) is 0.465. The van der Waals surface area contributed by atoms with Crippen molar-refractivity contribution < 1.29 is 14.0 Å². The minimum atomic E-state index is -0.590. The van der Waals surface area contributed by atoms with Gasteiger partial charge in [-0.15, -0.1) is 11.8 Å². The molecule has 4 aliphatic rings. The van der Waals surface area contributed by atoms with E-state index in [-0.39, 0.29) is 46.7 Å². The first kappa shape index (κ1) is 24.2. The van der Waals surface area contributed by atoms with E-state index in [2.05, 4.69) is 42.8 Å². The number of nitrogens with zero attached hydrogens (tertiary/aromatic N) is 4. The van der Waals surface area contributed by atoms with Crippen LogP contribution in [0.3, 0.4) is 0 Å². The number of carbonyl (C=O) groups excluding carboxylic acids is 2. The SMILES string of the molecule is CN1CCN(c2ccc3cc2NC(=O)CSC2CC4CC2C(Nc2nc(ncc2F)N3)C4C(N)=O)CC1. The van der Waals surface area contributed by atoms with Gasteiger partial charge in [0, 0.05) is 43.2 Å². The van der Waals surface area contributed by atoms with E-state index in [0.717, 1.165) is 56.6 Å². The molecular weight excluding hydrogens is 495 g/mol. The van der Waals surface area contributed by atoms with Gasteiger partial charge >= 0.3 is 0 Å². The number of rotatable bonds is 2. The largest absolute Gasteiger partial charge is 0.369 e. The van der Waals surface area contributed by atoms with Gasteiger partial charge < -0.3 is 31.5 Å². The molecule has 10 nitrogen and oxygen atoms in total. The van der Waals surface area contributed by atoms with E-state index >= 15 is 0 Å². The van der Waals surface area contributed by atoms with Gasteiger partial charge in [-0.05, 0) is 49.9 Å². The number of anilines is 5. The third-order valence-electron chi connectivity index (χ3n) is 8.12. The molecule has 1 aromatic carbocycles. The van der Waals surface area contributed by atoms with Crippen molar-refractivity contribution in [1.29, 1.82) is 0 Å². The summed E-state index contributed by atoms with van der Waals surface area (Å²) in [6.45, 7) is 3.62. The van der Waals surface area contributed by atoms with Gasteiger partial charge in [-0.25, -0.2) is 9.37 Å². The number of fused-ring (bicyclic) bond motifs is 5. The summed E-state index contributed by atoms with van der Waals surface area (Å²) in [4.78, 5) is 38.5. The first-order chi connectivity index (χ1) is 17.9. The van der Waals surface area contributed by atoms with E-state index in [0.29, 0.717) is 11.4 Å². The van der Waals surface area contributed by atoms with Crippen LogP contribution in [0.5, 0.6) is 0 Å². The molecule has 1 aromatic heterocycles. The van der Waals surface area contributed by atoms with E-state index in [1.54, 1.807) is 11.8 Å². The highest BCUT2D eigenvalue weighted by Crippen LogP contribution is 2.53. The Kier molecular flexibility index (Phi) is 6.31. The van der Waals surface area contributed by atoms with Crippen LogP contribution in [0.4, 0.5) is 33.2 Å². The number of hydrogen-bond donors (Lipinski definition) is 4. The normalized spacial score (nSPS) is 29.5. The average molecular weight is 527 g/mol. The van der Waals surface area contributed by atoms with Crippen LogP contribution in [-0.2, 0) is 9.59 Å². The fourth-order valence-corrected chi connectivity index (χ4v) is 7.67. The van der Waals surface area contributed by atoms with Crippen molar-refractivity contribution in [3.05, 3.63) is 30.2 Å². The smallest absolute Gasteiger partial charge is 0.234 e. The van der Waals surface area contributed by atoms with Crippen molar-refractivity contribution in [1.82, 2.24) is 14.9 Å². The maximum atomic E-state index is 14.8. The van der Waals surface area contributed by atoms with E-state index < -0.39 is 11.7 Å². The number of carbonyl (C=O) groups is 2. The van der Waals surface area contributed by atoms with Crippen LogP contribution in [0, 0.1) is 23.6 Å². The number of nitrogens with one attached hydrogen (secondary N) is 3. The molecular formula is C25H31FN8O2S. The number of likely N-dealkylation sites (N-methyl/N-ethyl adjacent to an activating group) is 1. The Bertz CT molecular complexity index is 1220. The summed E-state index contributed by atoms with van der Waals surface area (Å²) in [5.41, 5.74) is 8.12. The predicted molar refractivity (Wildman–Crippen MR) is 143 cm³/mol. The lowest BCUT2D eigenvalue weighted by atomic mass is 9.83. The van der Waals surface area contributed by atoms with Gasteiger partial charge in [0.1, 0.15) is 0 Å². The molecule has 3 fully saturated rings. The number of aromatic nitrogens is 2. The number of piperazine rings is 1. The molecule has 2 amide bonds. The average Bonchev–Trinajstić information content (AvgIpc) is 3.44. The second-order valence-electron chi connectivity index (χ2n) is 10.4. The maximum absolute atomic E-state index is 14.8. The van der Waals surface area contributed by atoms with Gasteiger partial charge in [-0.3, -0.25) is 9.59 Å². The molecule has 37 heavy (non-hydrogen) atoms. The molecule has 2 saturated carbocycles. The Balaban J connectivity index is 1.35. The second kappa shape index (κ2) is 9.64. The van der Waals surface area contributed by atoms with Gasteiger partial charge in [0.15, 0.2) is 11.6 Å². The Morgan fingerprint density at radius 2 is 2.00 bits per heavy atom. The number of primary amides is 1. The minimum absolute atomic E-state index is 0.0448. The summed E-state index contributed by atoms with van der Waals surface area (Å²) in [6, 6.07) is 5.41. The highest BCUT2D eigenvalue weighted by molar-refractivity contribution is 8.00. The monoisotopic (exact) mass is 526 g/mol. The molecule has 2 aliphatic carbocycles. The summed E-state index contributed by atoms with van der Waals surface area (Å²) >= 11 is 1.60. The van der Waals surface area contributed by atoms with Crippen molar-refractivity contribution in [3.8, 4) is 0 Å². The fourth-order valence-electron chi connectivity index (χ4n) is 6.32. The number of halogens is 1. The van der Waals surface area contributed by atoms with Crippen molar-refractivity contribution in [2.24, 2.45) is 23.5 Å². The van der Waals surface area contributed by atoms with Crippen LogP contribution in [0.1, 0.15) is 12.8 Å². The summed E-state index contributed by atoms with van der Waals surface area (Å²) in [5, 5.41) is 9.63. The maximum Gasteiger partial charge on any atom is 0.234 e. The summed E-state index contributed by atoms with van der Waals surface area (Å²) < 4.78 is 14.8. The predicted octanol–water partition coefficient (Wildman–Crippen LogP) is 2.09. The van der Waals surface area contributed by atoms with Gasteiger partial charge in [0.05, 0.1) is 29.2 Å². The van der Waals surface area contributed by atoms with Crippen molar-refractivity contribution in [2.75, 3.05) is 59.8 Å². The van der Waals surface area contributed by atoms with Crippen molar-refractivity contribution in [2.45, 2.75) is 24.1 Å². The lowest BCUT2D eigenvalue weighted by Gasteiger charge is -2.35. The summed E-state index contributed by atoms with van der Waals surface area (Å²) in [6.07, 6.45) is 2.75. The third-order valence-corrected chi connectivity index (χ3v) is 9.52. The van der Waals surface area contributed by atoms with Gasteiger partial charge in [-0.1, -0.05) is 0 Å². The first-order valence-corrected chi connectivity index (χ1v) is 13.7. The Labute approximate surface area is 218 Å². The molecule has 5 unspecified atom stereocenters. The van der Waals surface area contributed by atoms with Crippen LogP contribution >= 0.6 is 11.8 Å². The molecule has 6 rings (SSSR count). The van der Waals surface area contributed by atoms with Crippen LogP contribution < -0.4 is 26.6 Å². The molecule has 6 bridgehead atoms. The van der Waals surface area contributed by atoms with E-state index in [1.807, 2.05) is 18.2 Å². The molecule has 196 valence electrons. The van der Waals surface area contributed by atoms with E-state index in [9.17, 15) is 14.0 Å². The van der Waals surface area contributed by atoms with Crippen LogP contribution in [0.25, 0.3) is 0 Å². The Hall–Kier alpha value is -3.12. The fraction of sp³-hybridized carbons (Fsp3) is 0.520. The number of amides is 2. The van der Waals surface area contributed by atoms with Crippen LogP contribution in [0.2, 0.25) is 0 Å². The zero-order valence-electron chi connectivity index (χ0n) is 20.6. The lowest BCUT2D eigenvalue weighted by Crippen LogP contribution is -2.46. The molecule has 5 atom stereocenters. The highest BCUT2D eigenvalue weighted by Gasteiger charge is 2.55. The molecule has 3 heterocycles. The molecule has 0 spiro atoms. The Morgan fingerprint density at radius 3 is 2.78 bits per heavy atom. The van der Waals surface area contributed by atoms with Crippen molar-refractivity contribution in [3.63, 3.8) is 0 Å². The van der Waals surface area contributed by atoms with Gasteiger partial charge in [0.25, 0.3) is 0 Å². The third kappa shape index (κ3) is 4.68. The summed E-state index contributed by atoms with van der Waals surface area (Å²) in [5.74, 6) is -0.708. The number of nitrogens with two attached hydrogens (primary N) is 1. The molecule has 0 radical (unpaired) electrons. The van der Waals surface area contributed by atoms with Gasteiger partial charge in [0.2, 0.25) is 17.8 Å². The van der Waals surface area contributed by atoms with E-state index in [1.165, 1.54) is 0 Å². The van der Waals surface area contributed by atoms with Crippen LogP contribution in [0.15, 0.2) is 24.4 Å². The topological polar surface area (TPSA) is 129 Å². The number of thioether (sulfide) groups is 1. The second-order valence-corrected chi connectivity index (χ2v) is 11.7. The summed E-state index contributed by atoms with van der Waals surface area (Å²) in [7, 11) is 2.11. The molecule has 5 N–H and O–H groups in total. The molecule has 1 saturated heterocycles. The van der Waals surface area contributed by atoms with Gasteiger partial charge in [-0.2, -0.15) is 4.98 Å². The van der Waals surface area contributed by atoms with Crippen molar-refractivity contribution >= 4 is 52.4 Å². The zero-order chi connectivity index (χ0) is 25.7.